The summed E-state index contributed by atoms with van der Waals surface area (Å²) in [5.41, 5.74) is -0.760. The maximum absolute atomic E-state index is 12.4. The lowest BCUT2D eigenvalue weighted by molar-refractivity contribution is -0.137. The average Bonchev–Trinajstić information content (AvgIpc) is 2.72. The van der Waals surface area contributed by atoms with E-state index >= 15 is 0 Å². The van der Waals surface area contributed by atoms with E-state index in [4.69, 9.17) is 4.52 Å². The highest BCUT2D eigenvalue weighted by Crippen LogP contribution is 2.29. The highest BCUT2D eigenvalue weighted by molar-refractivity contribution is 5.38. The summed E-state index contributed by atoms with van der Waals surface area (Å²) >= 11 is 0. The van der Waals surface area contributed by atoms with Crippen molar-refractivity contribution in [2.75, 3.05) is 5.32 Å². The predicted molar refractivity (Wildman–Crippen MR) is 55.6 cm³/mol. The number of hydrogen-bond donors (Lipinski definition) is 1. The van der Waals surface area contributed by atoms with E-state index in [0.717, 1.165) is 18.3 Å². The third kappa shape index (κ3) is 2.96. The fourth-order valence-electron chi connectivity index (χ4n) is 1.29. The summed E-state index contributed by atoms with van der Waals surface area (Å²) in [5.74, 6) is 0.850. The largest absolute Gasteiger partial charge is 0.416 e. The molecule has 0 aliphatic heterocycles. The van der Waals surface area contributed by atoms with Crippen molar-refractivity contribution in [1.29, 1.82) is 0 Å². The van der Waals surface area contributed by atoms with Gasteiger partial charge in [0.2, 0.25) is 5.89 Å². The number of pyridine rings is 1. The Labute approximate surface area is 100 Å². The van der Waals surface area contributed by atoms with E-state index in [1.54, 1.807) is 6.92 Å². The van der Waals surface area contributed by atoms with E-state index in [0.29, 0.717) is 11.7 Å². The van der Waals surface area contributed by atoms with Gasteiger partial charge in [-0.25, -0.2) is 4.98 Å². The van der Waals surface area contributed by atoms with Crippen LogP contribution in [-0.2, 0) is 12.7 Å². The van der Waals surface area contributed by atoms with Crippen LogP contribution in [0.2, 0.25) is 0 Å². The van der Waals surface area contributed by atoms with Crippen molar-refractivity contribution in [3.8, 4) is 0 Å². The van der Waals surface area contributed by atoms with Gasteiger partial charge in [0.1, 0.15) is 5.82 Å². The van der Waals surface area contributed by atoms with Crippen molar-refractivity contribution in [2.24, 2.45) is 0 Å². The summed E-state index contributed by atoms with van der Waals surface area (Å²) in [7, 11) is 0. The molecule has 0 aliphatic rings. The van der Waals surface area contributed by atoms with Crippen molar-refractivity contribution in [1.82, 2.24) is 15.1 Å². The minimum Gasteiger partial charge on any atom is -0.363 e. The van der Waals surface area contributed by atoms with Crippen molar-refractivity contribution < 1.29 is 17.7 Å². The molecule has 0 amide bonds. The molecule has 0 unspecified atom stereocenters. The molecule has 2 aromatic heterocycles. The lowest BCUT2D eigenvalue weighted by Crippen LogP contribution is -2.08. The van der Waals surface area contributed by atoms with Gasteiger partial charge in [-0.05, 0) is 12.1 Å². The average molecular weight is 258 g/mol. The maximum atomic E-state index is 12.4. The number of nitrogens with one attached hydrogen (secondary N) is 1. The second-order valence-corrected chi connectivity index (χ2v) is 3.51. The third-order valence-corrected chi connectivity index (χ3v) is 2.08. The number of aromatic nitrogens is 3. The molecule has 0 saturated carbocycles. The highest BCUT2D eigenvalue weighted by Gasteiger charge is 2.30. The van der Waals surface area contributed by atoms with Crippen LogP contribution in [-0.4, -0.2) is 15.1 Å². The topological polar surface area (TPSA) is 63.8 Å². The smallest absolute Gasteiger partial charge is 0.363 e. The van der Waals surface area contributed by atoms with Crippen LogP contribution in [0.1, 0.15) is 17.3 Å². The predicted octanol–water partition coefficient (Wildman–Crippen LogP) is 2.40. The summed E-state index contributed by atoms with van der Waals surface area (Å²) in [4.78, 5) is 7.68. The second-order valence-electron chi connectivity index (χ2n) is 3.51. The molecule has 0 spiro atoms. The van der Waals surface area contributed by atoms with Gasteiger partial charge in [0.05, 0.1) is 12.1 Å². The van der Waals surface area contributed by atoms with Gasteiger partial charge < -0.3 is 9.84 Å². The van der Waals surface area contributed by atoms with Crippen LogP contribution in [0.15, 0.2) is 22.9 Å². The monoisotopic (exact) mass is 258 g/mol. The first-order chi connectivity index (χ1) is 8.45. The Morgan fingerprint density at radius 2 is 2.17 bits per heavy atom. The SMILES string of the molecule is Cc1nc(CNc2cc(C(F)(F)F)ccn2)no1. The Kier molecular flexibility index (Phi) is 3.17. The minimum atomic E-state index is -4.39. The molecule has 0 bridgehead atoms. The van der Waals surface area contributed by atoms with Gasteiger partial charge >= 0.3 is 6.18 Å². The zero-order valence-corrected chi connectivity index (χ0v) is 9.32. The Morgan fingerprint density at radius 3 is 2.78 bits per heavy atom. The van der Waals surface area contributed by atoms with E-state index in [1.807, 2.05) is 0 Å². The first-order valence-corrected chi connectivity index (χ1v) is 5.01. The molecule has 0 radical (unpaired) electrons. The van der Waals surface area contributed by atoms with Gasteiger partial charge in [-0.15, -0.1) is 0 Å². The van der Waals surface area contributed by atoms with Gasteiger partial charge in [-0.3, -0.25) is 0 Å². The normalized spacial score (nSPS) is 11.6. The van der Waals surface area contributed by atoms with Gasteiger partial charge in [0.25, 0.3) is 0 Å². The standard InChI is InChI=1S/C10H9F3N4O/c1-6-16-9(17-18-6)5-15-8-4-7(2-3-14-8)10(11,12)13/h2-4H,5H2,1H3,(H,14,15). The van der Waals surface area contributed by atoms with Crippen LogP contribution in [0.3, 0.4) is 0 Å². The van der Waals surface area contributed by atoms with Gasteiger partial charge in [0, 0.05) is 13.1 Å². The molecule has 2 rings (SSSR count). The molecule has 96 valence electrons. The van der Waals surface area contributed by atoms with Crippen molar-refractivity contribution in [2.45, 2.75) is 19.6 Å². The number of nitrogens with zero attached hydrogens (tertiary/aromatic N) is 3. The molecule has 0 saturated heterocycles. The number of aryl methyl sites for hydroxylation is 1. The lowest BCUT2D eigenvalue weighted by Gasteiger charge is -2.08. The van der Waals surface area contributed by atoms with Crippen molar-refractivity contribution in [3.63, 3.8) is 0 Å². The quantitative estimate of drug-likeness (QED) is 0.915. The third-order valence-electron chi connectivity index (χ3n) is 2.08. The molecule has 0 fully saturated rings. The molecule has 1 N–H and O–H groups in total. The second kappa shape index (κ2) is 4.63. The molecule has 5 nitrogen and oxygen atoms in total. The number of anilines is 1. The van der Waals surface area contributed by atoms with Crippen LogP contribution in [0.25, 0.3) is 0 Å². The van der Waals surface area contributed by atoms with E-state index in [2.05, 4.69) is 20.4 Å². The number of halogens is 3. The number of hydrogen-bond acceptors (Lipinski definition) is 5. The summed E-state index contributed by atoms with van der Waals surface area (Å²) in [6.07, 6.45) is -3.30. The number of alkyl halides is 3. The van der Waals surface area contributed by atoms with Crippen LogP contribution in [0.5, 0.6) is 0 Å². The molecule has 0 aromatic carbocycles. The molecule has 8 heteroatoms. The molecule has 18 heavy (non-hydrogen) atoms. The highest BCUT2D eigenvalue weighted by atomic mass is 19.4. The molecule has 2 aromatic rings. The Morgan fingerprint density at radius 1 is 1.39 bits per heavy atom. The number of rotatable bonds is 3. The molecular weight excluding hydrogens is 249 g/mol. The molecule has 2 heterocycles. The minimum absolute atomic E-state index is 0.104. The van der Waals surface area contributed by atoms with E-state index in [1.165, 1.54) is 0 Å². The van der Waals surface area contributed by atoms with Crippen LogP contribution in [0, 0.1) is 6.92 Å². The molecular formula is C10H9F3N4O. The summed E-state index contributed by atoms with van der Waals surface area (Å²) in [6.45, 7) is 1.77. The maximum Gasteiger partial charge on any atom is 0.416 e. The van der Waals surface area contributed by atoms with Gasteiger partial charge in [0.15, 0.2) is 5.82 Å². The zero-order valence-electron chi connectivity index (χ0n) is 9.32. The Hall–Kier alpha value is -2.12. The van der Waals surface area contributed by atoms with Crippen LogP contribution < -0.4 is 5.32 Å². The molecule has 0 aliphatic carbocycles. The Balaban J connectivity index is 2.06. The first kappa shape index (κ1) is 12.3. The molecule has 0 atom stereocenters. The van der Waals surface area contributed by atoms with Crippen molar-refractivity contribution in [3.05, 3.63) is 35.6 Å². The zero-order chi connectivity index (χ0) is 13.2. The first-order valence-electron chi connectivity index (χ1n) is 5.01. The van der Waals surface area contributed by atoms with Crippen LogP contribution in [0.4, 0.5) is 19.0 Å². The fourth-order valence-corrected chi connectivity index (χ4v) is 1.29. The Bertz CT molecular complexity index is 538. The van der Waals surface area contributed by atoms with Gasteiger partial charge in [-0.1, -0.05) is 5.16 Å². The van der Waals surface area contributed by atoms with E-state index in [9.17, 15) is 13.2 Å². The lowest BCUT2D eigenvalue weighted by atomic mass is 10.2. The van der Waals surface area contributed by atoms with Crippen molar-refractivity contribution >= 4 is 5.82 Å². The fraction of sp³-hybridized carbons (Fsp3) is 0.300. The van der Waals surface area contributed by atoms with Crippen LogP contribution >= 0.6 is 0 Å². The summed E-state index contributed by atoms with van der Waals surface area (Å²) in [6, 6.07) is 1.83. The van der Waals surface area contributed by atoms with E-state index < -0.39 is 11.7 Å². The van der Waals surface area contributed by atoms with E-state index in [-0.39, 0.29) is 12.4 Å². The summed E-state index contributed by atoms with van der Waals surface area (Å²) in [5, 5.41) is 6.29. The van der Waals surface area contributed by atoms with Gasteiger partial charge in [-0.2, -0.15) is 18.2 Å². The summed E-state index contributed by atoms with van der Waals surface area (Å²) < 4.78 is 42.0.